The van der Waals surface area contributed by atoms with Gasteiger partial charge in [0.25, 0.3) is 5.91 Å². The molecule has 1 aliphatic heterocycles. The van der Waals surface area contributed by atoms with Crippen molar-refractivity contribution in [3.05, 3.63) is 74.0 Å². The van der Waals surface area contributed by atoms with E-state index in [1.54, 1.807) is 30.8 Å². The molecule has 186 valence electrons. The maximum Gasteiger partial charge on any atom is 0.276 e. The normalized spacial score (nSPS) is 15.3. The third-order valence-electron chi connectivity index (χ3n) is 6.20. The van der Waals surface area contributed by atoms with E-state index in [-0.39, 0.29) is 12.2 Å². The molecule has 8 nitrogen and oxygen atoms in total. The van der Waals surface area contributed by atoms with Crippen LogP contribution in [0.4, 0.5) is 0 Å². The summed E-state index contributed by atoms with van der Waals surface area (Å²) < 4.78 is 7.05. The standard InChI is InChI=1S/C26H31ClN4O4/c1-17(32)3-6-20-13-19(16-31-9-11-35-12-10-31)14-22-24(20)30(2)29-23(25(22)33)26(34)28-15-18-4-7-21(27)8-5-18/h4-5,7-8,13-14,17,32H,3,6,9-12,15-16H2,1-2H3,(H,28,34)/t17-/m1/s1. The highest BCUT2D eigenvalue weighted by Gasteiger charge is 2.20. The van der Waals surface area contributed by atoms with Crippen molar-refractivity contribution in [2.24, 2.45) is 7.05 Å². The van der Waals surface area contributed by atoms with E-state index >= 15 is 0 Å². The number of morpholine rings is 1. The number of carbonyl (C=O) groups excluding carboxylic acids is 1. The molecule has 9 heteroatoms. The minimum absolute atomic E-state index is 0.140. The Morgan fingerprint density at radius 1 is 1.20 bits per heavy atom. The second-order valence-electron chi connectivity index (χ2n) is 9.04. The van der Waals surface area contributed by atoms with Crippen LogP contribution < -0.4 is 10.7 Å². The number of nitrogens with zero attached hydrogens (tertiary/aromatic N) is 3. The third kappa shape index (κ3) is 6.27. The molecule has 0 aliphatic carbocycles. The number of hydrogen-bond acceptors (Lipinski definition) is 6. The molecule has 2 aromatic carbocycles. The van der Waals surface area contributed by atoms with Crippen molar-refractivity contribution >= 4 is 28.4 Å². The van der Waals surface area contributed by atoms with E-state index in [1.165, 1.54) is 0 Å². The van der Waals surface area contributed by atoms with Crippen molar-refractivity contribution in [3.63, 3.8) is 0 Å². The van der Waals surface area contributed by atoms with E-state index in [0.29, 0.717) is 48.5 Å². The van der Waals surface area contributed by atoms with Gasteiger partial charge < -0.3 is 15.2 Å². The summed E-state index contributed by atoms with van der Waals surface area (Å²) >= 11 is 5.93. The van der Waals surface area contributed by atoms with Crippen LogP contribution in [-0.4, -0.2) is 58.1 Å². The summed E-state index contributed by atoms with van der Waals surface area (Å²) in [5.41, 5.74) is 2.96. The number of hydrogen-bond donors (Lipinski definition) is 2. The predicted molar refractivity (Wildman–Crippen MR) is 136 cm³/mol. The maximum atomic E-state index is 13.5. The van der Waals surface area contributed by atoms with Gasteiger partial charge in [-0.25, -0.2) is 0 Å². The fourth-order valence-corrected chi connectivity index (χ4v) is 4.50. The zero-order valence-corrected chi connectivity index (χ0v) is 20.8. The largest absolute Gasteiger partial charge is 0.393 e. The van der Waals surface area contributed by atoms with Gasteiger partial charge in [-0.2, -0.15) is 5.10 Å². The van der Waals surface area contributed by atoms with Gasteiger partial charge in [0.1, 0.15) is 0 Å². The highest BCUT2D eigenvalue weighted by molar-refractivity contribution is 6.30. The molecule has 35 heavy (non-hydrogen) atoms. The first-order chi connectivity index (χ1) is 16.8. The Hall–Kier alpha value is -2.78. The summed E-state index contributed by atoms with van der Waals surface area (Å²) in [5, 5.41) is 18.1. The van der Waals surface area contributed by atoms with Crippen LogP contribution in [0.2, 0.25) is 5.02 Å². The molecule has 1 fully saturated rings. The summed E-state index contributed by atoms with van der Waals surface area (Å²) in [7, 11) is 1.74. The molecule has 0 unspecified atom stereocenters. The number of halogens is 1. The monoisotopic (exact) mass is 498 g/mol. The number of benzene rings is 2. The highest BCUT2D eigenvalue weighted by Crippen LogP contribution is 2.22. The number of fused-ring (bicyclic) bond motifs is 1. The van der Waals surface area contributed by atoms with Crippen molar-refractivity contribution in [1.29, 1.82) is 0 Å². The van der Waals surface area contributed by atoms with E-state index in [2.05, 4.69) is 21.4 Å². The summed E-state index contributed by atoms with van der Waals surface area (Å²) in [6, 6.07) is 11.1. The molecule has 2 heterocycles. The number of ether oxygens (including phenoxy) is 1. The van der Waals surface area contributed by atoms with Crippen LogP contribution >= 0.6 is 11.6 Å². The smallest absolute Gasteiger partial charge is 0.276 e. The molecule has 1 atom stereocenters. The number of rotatable bonds is 8. The first-order valence-corrected chi connectivity index (χ1v) is 12.2. The van der Waals surface area contributed by atoms with Gasteiger partial charge in [-0.05, 0) is 54.7 Å². The summed E-state index contributed by atoms with van der Waals surface area (Å²) in [4.78, 5) is 28.7. The van der Waals surface area contributed by atoms with Crippen LogP contribution in [0.15, 0.2) is 41.2 Å². The van der Waals surface area contributed by atoms with Gasteiger partial charge in [0.05, 0.1) is 30.2 Å². The Kier molecular flexibility index (Phi) is 8.18. The number of carbonyl (C=O) groups is 1. The Morgan fingerprint density at radius 2 is 1.91 bits per heavy atom. The summed E-state index contributed by atoms with van der Waals surface area (Å²) in [5.74, 6) is -0.522. The average molecular weight is 499 g/mol. The Labute approximate surface area is 209 Å². The molecule has 0 bridgehead atoms. The van der Waals surface area contributed by atoms with Crippen LogP contribution in [0, 0.1) is 0 Å². The Bertz CT molecular complexity index is 1250. The molecule has 0 spiro atoms. The van der Waals surface area contributed by atoms with Crippen LogP contribution in [0.5, 0.6) is 0 Å². The molecule has 1 aromatic heterocycles. The molecule has 1 saturated heterocycles. The molecular weight excluding hydrogens is 468 g/mol. The first kappa shape index (κ1) is 25.3. The molecule has 0 saturated carbocycles. The van der Waals surface area contributed by atoms with Gasteiger partial charge in [-0.15, -0.1) is 0 Å². The highest BCUT2D eigenvalue weighted by atomic mass is 35.5. The van der Waals surface area contributed by atoms with Gasteiger partial charge >= 0.3 is 0 Å². The lowest BCUT2D eigenvalue weighted by atomic mass is 9.99. The van der Waals surface area contributed by atoms with E-state index in [0.717, 1.165) is 29.8 Å². The van der Waals surface area contributed by atoms with E-state index < -0.39 is 17.4 Å². The minimum Gasteiger partial charge on any atom is -0.393 e. The van der Waals surface area contributed by atoms with Crippen LogP contribution in [0.3, 0.4) is 0 Å². The van der Waals surface area contributed by atoms with Crippen molar-refractivity contribution in [2.75, 3.05) is 26.3 Å². The maximum absolute atomic E-state index is 13.5. The number of aliphatic hydroxyl groups excluding tert-OH is 1. The predicted octanol–water partition coefficient (Wildman–Crippen LogP) is 2.66. The average Bonchev–Trinajstić information content (AvgIpc) is 2.84. The molecule has 2 N–H and O–H groups in total. The second kappa shape index (κ2) is 11.3. The lowest BCUT2D eigenvalue weighted by Crippen LogP contribution is -2.35. The molecule has 4 rings (SSSR count). The van der Waals surface area contributed by atoms with Gasteiger partial charge in [-0.1, -0.05) is 29.8 Å². The lowest BCUT2D eigenvalue weighted by molar-refractivity contribution is 0.0342. The molecule has 0 radical (unpaired) electrons. The van der Waals surface area contributed by atoms with Crippen molar-refractivity contribution < 1.29 is 14.6 Å². The zero-order chi connectivity index (χ0) is 24.9. The number of amides is 1. The number of aliphatic hydroxyl groups is 1. The van der Waals surface area contributed by atoms with E-state index in [4.69, 9.17) is 16.3 Å². The molecule has 1 amide bonds. The fourth-order valence-electron chi connectivity index (χ4n) is 4.37. The zero-order valence-electron chi connectivity index (χ0n) is 20.1. The first-order valence-electron chi connectivity index (χ1n) is 11.9. The van der Waals surface area contributed by atoms with Gasteiger partial charge in [0.2, 0.25) is 5.43 Å². The minimum atomic E-state index is -0.522. The van der Waals surface area contributed by atoms with Gasteiger partial charge in [0.15, 0.2) is 5.69 Å². The van der Waals surface area contributed by atoms with Gasteiger partial charge in [0, 0.05) is 38.2 Å². The quantitative estimate of drug-likeness (QED) is 0.495. The summed E-state index contributed by atoms with van der Waals surface area (Å²) in [6.45, 7) is 5.72. The number of aromatic nitrogens is 2. The molecule has 1 aliphatic rings. The Morgan fingerprint density at radius 3 is 2.60 bits per heavy atom. The number of nitrogens with one attached hydrogen (secondary N) is 1. The van der Waals surface area contributed by atoms with E-state index in [9.17, 15) is 14.7 Å². The van der Waals surface area contributed by atoms with E-state index in [1.807, 2.05) is 18.2 Å². The van der Waals surface area contributed by atoms with Gasteiger partial charge in [-0.3, -0.25) is 19.2 Å². The van der Waals surface area contributed by atoms with Crippen LogP contribution in [0.1, 0.15) is 40.5 Å². The number of aryl methyl sites for hydroxylation is 2. The SMILES string of the molecule is C[C@@H](O)CCc1cc(CN2CCOCC2)cc2c(=O)c(C(=O)NCc3ccc(Cl)cc3)nn(C)c12. The Balaban J connectivity index is 1.68. The summed E-state index contributed by atoms with van der Waals surface area (Å²) in [6.07, 6.45) is 0.700. The third-order valence-corrected chi connectivity index (χ3v) is 6.46. The molecule has 3 aromatic rings. The lowest BCUT2D eigenvalue weighted by Gasteiger charge is -2.27. The fraction of sp³-hybridized carbons (Fsp3) is 0.423. The van der Waals surface area contributed by atoms with Crippen LogP contribution in [-0.2, 0) is 31.3 Å². The van der Waals surface area contributed by atoms with Crippen molar-refractivity contribution in [3.8, 4) is 0 Å². The van der Waals surface area contributed by atoms with Crippen molar-refractivity contribution in [1.82, 2.24) is 20.0 Å². The van der Waals surface area contributed by atoms with Crippen LogP contribution in [0.25, 0.3) is 10.9 Å². The topological polar surface area (TPSA) is 96.7 Å². The van der Waals surface area contributed by atoms with Crippen molar-refractivity contribution in [2.45, 2.75) is 39.0 Å². The molecular formula is C26H31ClN4O4. The second-order valence-corrected chi connectivity index (χ2v) is 9.47.